The van der Waals surface area contributed by atoms with Gasteiger partial charge in [-0.15, -0.1) is 11.8 Å². The quantitative estimate of drug-likeness (QED) is 0.491. The summed E-state index contributed by atoms with van der Waals surface area (Å²) in [4.78, 5) is 37.4. The van der Waals surface area contributed by atoms with Crippen LogP contribution in [0.5, 0.6) is 0 Å². The number of primary sulfonamides is 1. The van der Waals surface area contributed by atoms with Gasteiger partial charge < -0.3 is 15.3 Å². The number of nitrogens with two attached hydrogens (primary N) is 1. The Bertz CT molecular complexity index is 1320. The number of sulfonamides is 1. The minimum atomic E-state index is -4.14. The van der Waals surface area contributed by atoms with Gasteiger partial charge in [0.2, 0.25) is 15.9 Å². The molecule has 0 aromatic heterocycles. The molecule has 35 heavy (non-hydrogen) atoms. The molecule has 0 radical (unpaired) electrons. The van der Waals surface area contributed by atoms with Crippen molar-refractivity contribution in [1.82, 2.24) is 10.2 Å². The fourth-order valence-corrected chi connectivity index (χ4v) is 7.05. The lowest BCUT2D eigenvalue weighted by Gasteiger charge is -2.33. The van der Waals surface area contributed by atoms with Crippen LogP contribution >= 0.6 is 23.4 Å². The van der Waals surface area contributed by atoms with Crippen LogP contribution < -0.4 is 10.5 Å². The third kappa shape index (κ3) is 4.65. The molecule has 2 heterocycles. The minimum Gasteiger partial charge on any atom is -0.480 e. The lowest BCUT2D eigenvalue weighted by Crippen LogP contribution is -2.44. The Morgan fingerprint density at radius 1 is 1.31 bits per heavy atom. The number of rotatable bonds is 7. The smallest absolute Gasteiger partial charge is 0.326 e. The SMILES string of the molecule is CC(CSC1(c2ccc(Cl)c(S(N)(=O)=O)c2)NC(=O)c2ccccc21)C(=O)N1CCC[C@H]1C(=O)O. The second-order valence-electron chi connectivity index (χ2n) is 8.61. The molecule has 4 rings (SSSR count). The van der Waals surface area contributed by atoms with Crippen molar-refractivity contribution in [2.24, 2.45) is 11.1 Å². The van der Waals surface area contributed by atoms with Crippen LogP contribution in [0.15, 0.2) is 47.4 Å². The van der Waals surface area contributed by atoms with Crippen LogP contribution in [-0.4, -0.2) is 54.5 Å². The highest BCUT2D eigenvalue weighted by Crippen LogP contribution is 2.47. The van der Waals surface area contributed by atoms with Crippen molar-refractivity contribution in [3.05, 3.63) is 64.2 Å². The summed E-state index contributed by atoms with van der Waals surface area (Å²) >= 11 is 7.35. The predicted octanol–water partition coefficient (Wildman–Crippen LogP) is 2.38. The van der Waals surface area contributed by atoms with Crippen molar-refractivity contribution in [3.8, 4) is 0 Å². The van der Waals surface area contributed by atoms with Crippen LogP contribution in [0, 0.1) is 5.92 Å². The van der Waals surface area contributed by atoms with Crippen molar-refractivity contribution in [1.29, 1.82) is 0 Å². The number of carbonyl (C=O) groups is 3. The number of carboxylic acids is 1. The maximum absolute atomic E-state index is 13.1. The summed E-state index contributed by atoms with van der Waals surface area (Å²) in [6.45, 7) is 2.09. The van der Waals surface area contributed by atoms with Crippen molar-refractivity contribution in [2.45, 2.75) is 35.6 Å². The minimum absolute atomic E-state index is 0.0497. The number of carboxylic acid groups (broad SMARTS) is 1. The van der Waals surface area contributed by atoms with E-state index in [2.05, 4.69) is 5.32 Å². The molecule has 2 amide bonds. The first-order valence-corrected chi connectivity index (χ1v) is 13.8. The zero-order chi connectivity index (χ0) is 25.5. The summed E-state index contributed by atoms with van der Waals surface area (Å²) in [5.74, 6) is -1.99. The number of fused-ring (bicyclic) bond motifs is 1. The fraction of sp³-hybridized carbons (Fsp3) is 0.348. The molecule has 0 spiro atoms. The molecule has 186 valence electrons. The van der Waals surface area contributed by atoms with Gasteiger partial charge in [0.1, 0.15) is 15.8 Å². The Hall–Kier alpha value is -2.60. The number of thioether (sulfide) groups is 1. The van der Waals surface area contributed by atoms with Crippen molar-refractivity contribution in [3.63, 3.8) is 0 Å². The van der Waals surface area contributed by atoms with Crippen molar-refractivity contribution < 1.29 is 27.9 Å². The molecule has 2 aromatic carbocycles. The van der Waals surface area contributed by atoms with Gasteiger partial charge in [-0.2, -0.15) is 0 Å². The molecule has 4 N–H and O–H groups in total. The maximum Gasteiger partial charge on any atom is 0.326 e. The molecule has 1 saturated heterocycles. The molecule has 2 aliphatic rings. The zero-order valence-corrected chi connectivity index (χ0v) is 21.1. The third-order valence-electron chi connectivity index (χ3n) is 6.28. The molecule has 12 heteroatoms. The Morgan fingerprint density at radius 3 is 2.71 bits per heavy atom. The molecule has 1 fully saturated rings. The zero-order valence-electron chi connectivity index (χ0n) is 18.7. The second kappa shape index (κ2) is 9.45. The van der Waals surface area contributed by atoms with Gasteiger partial charge in [-0.3, -0.25) is 9.59 Å². The average molecular weight is 538 g/mol. The number of nitrogens with zero attached hydrogens (tertiary/aromatic N) is 1. The summed E-state index contributed by atoms with van der Waals surface area (Å²) in [7, 11) is -4.14. The summed E-state index contributed by atoms with van der Waals surface area (Å²) in [6.07, 6.45) is 1.03. The van der Waals surface area contributed by atoms with Gasteiger partial charge in [0, 0.05) is 29.3 Å². The number of carbonyl (C=O) groups excluding carboxylic acids is 2. The van der Waals surface area contributed by atoms with Crippen LogP contribution in [0.1, 0.15) is 41.3 Å². The van der Waals surface area contributed by atoms with E-state index in [-0.39, 0.29) is 27.5 Å². The van der Waals surface area contributed by atoms with E-state index in [1.54, 1.807) is 37.3 Å². The van der Waals surface area contributed by atoms with Crippen LogP contribution in [0.25, 0.3) is 0 Å². The summed E-state index contributed by atoms with van der Waals surface area (Å²) < 4.78 is 24.2. The second-order valence-corrected chi connectivity index (χ2v) is 11.8. The van der Waals surface area contributed by atoms with Crippen molar-refractivity contribution >= 4 is 51.2 Å². The van der Waals surface area contributed by atoms with E-state index >= 15 is 0 Å². The van der Waals surface area contributed by atoms with Gasteiger partial charge in [-0.1, -0.05) is 42.8 Å². The first-order valence-electron chi connectivity index (χ1n) is 10.9. The third-order valence-corrected chi connectivity index (χ3v) is 9.33. The van der Waals surface area contributed by atoms with Crippen LogP contribution in [0.2, 0.25) is 5.02 Å². The Kier molecular flexibility index (Phi) is 6.89. The highest BCUT2D eigenvalue weighted by atomic mass is 35.5. The summed E-state index contributed by atoms with van der Waals surface area (Å²) in [6, 6.07) is 10.4. The number of aliphatic carboxylic acids is 1. The molecule has 9 nitrogen and oxygen atoms in total. The topological polar surface area (TPSA) is 147 Å². The molecular weight excluding hydrogens is 514 g/mol. The number of halogens is 1. The number of nitrogens with one attached hydrogen (secondary N) is 1. The molecular formula is C23H24ClN3O6S2. The van der Waals surface area contributed by atoms with E-state index in [0.29, 0.717) is 36.1 Å². The number of amides is 2. The van der Waals surface area contributed by atoms with Gasteiger partial charge in [0.05, 0.1) is 5.02 Å². The normalized spacial score (nSPS) is 22.5. The Balaban J connectivity index is 1.71. The number of hydrogen-bond donors (Lipinski definition) is 3. The monoisotopic (exact) mass is 537 g/mol. The van der Waals surface area contributed by atoms with Crippen LogP contribution in [0.4, 0.5) is 0 Å². The van der Waals surface area contributed by atoms with Crippen LogP contribution in [-0.2, 0) is 24.5 Å². The first-order chi connectivity index (χ1) is 16.5. The molecule has 0 bridgehead atoms. The molecule has 3 atom stereocenters. The molecule has 2 aromatic rings. The summed E-state index contributed by atoms with van der Waals surface area (Å²) in [5, 5.41) is 17.7. The molecule has 2 aliphatic heterocycles. The van der Waals surface area contributed by atoms with E-state index in [1.807, 2.05) is 0 Å². The standard InChI is InChI=1S/C23H24ClN3O6S2/c1-13(21(29)27-10-4-7-18(27)22(30)31)12-34-23(16-6-3-2-5-15(16)20(28)26-23)14-8-9-17(24)19(11-14)35(25,32)33/h2-3,5-6,8-9,11,13,18H,4,7,10,12H2,1H3,(H,26,28)(H,30,31)(H2,25,32,33)/t13?,18-,23?/m0/s1. The highest BCUT2D eigenvalue weighted by Gasteiger charge is 2.46. The van der Waals surface area contributed by atoms with Gasteiger partial charge in [0.15, 0.2) is 0 Å². The van der Waals surface area contributed by atoms with Gasteiger partial charge in [-0.25, -0.2) is 18.4 Å². The lowest BCUT2D eigenvalue weighted by atomic mass is 9.97. The van der Waals surface area contributed by atoms with Crippen LogP contribution in [0.3, 0.4) is 0 Å². The average Bonchev–Trinajstić information content (AvgIpc) is 3.41. The van der Waals surface area contributed by atoms with Crippen molar-refractivity contribution in [2.75, 3.05) is 12.3 Å². The summed E-state index contributed by atoms with van der Waals surface area (Å²) in [5.41, 5.74) is 1.47. The van der Waals surface area contributed by atoms with E-state index in [9.17, 15) is 27.9 Å². The van der Waals surface area contributed by atoms with Gasteiger partial charge in [0.25, 0.3) is 5.91 Å². The maximum atomic E-state index is 13.1. The van der Waals surface area contributed by atoms with E-state index < -0.39 is 32.8 Å². The van der Waals surface area contributed by atoms with E-state index in [0.717, 1.165) is 0 Å². The van der Waals surface area contributed by atoms with E-state index in [1.165, 1.54) is 28.8 Å². The fourth-order valence-electron chi connectivity index (χ4n) is 4.54. The number of likely N-dealkylation sites (tertiary alicyclic amines) is 1. The molecule has 0 saturated carbocycles. The highest BCUT2D eigenvalue weighted by molar-refractivity contribution is 8.00. The predicted molar refractivity (Wildman–Crippen MR) is 132 cm³/mol. The molecule has 2 unspecified atom stereocenters. The first kappa shape index (κ1) is 25.5. The van der Waals surface area contributed by atoms with Gasteiger partial charge >= 0.3 is 5.97 Å². The Labute approximate surface area is 212 Å². The molecule has 0 aliphatic carbocycles. The Morgan fingerprint density at radius 2 is 2.03 bits per heavy atom. The largest absolute Gasteiger partial charge is 0.480 e. The van der Waals surface area contributed by atoms with E-state index in [4.69, 9.17) is 16.7 Å². The van der Waals surface area contributed by atoms with Gasteiger partial charge in [-0.05, 0) is 36.6 Å². The number of hydrogen-bond acceptors (Lipinski definition) is 6. The number of benzene rings is 2. The lowest BCUT2D eigenvalue weighted by molar-refractivity contribution is -0.149.